The fourth-order valence-corrected chi connectivity index (χ4v) is 6.27. The van der Waals surface area contributed by atoms with Gasteiger partial charge in [-0.3, -0.25) is 14.8 Å². The normalized spacial score (nSPS) is 32.8. The summed E-state index contributed by atoms with van der Waals surface area (Å²) in [6.45, 7) is 7.24. The van der Waals surface area contributed by atoms with Gasteiger partial charge in [0.25, 0.3) is 0 Å². The molecule has 5 atom stereocenters. The number of aromatic nitrogens is 1. The summed E-state index contributed by atoms with van der Waals surface area (Å²) in [5, 5.41) is 1.23. The number of amides is 1. The largest absolute Gasteiger partial charge is 0.342 e. The van der Waals surface area contributed by atoms with Crippen molar-refractivity contribution in [2.45, 2.75) is 25.7 Å². The minimum absolute atomic E-state index is 0.375. The zero-order chi connectivity index (χ0) is 20.4. The zero-order valence-electron chi connectivity index (χ0n) is 17.9. The Labute approximate surface area is 178 Å². The Bertz CT molecular complexity index is 1030. The van der Waals surface area contributed by atoms with Crippen LogP contribution < -0.4 is 0 Å². The number of aliphatic imine (C=N–C) groups is 1. The van der Waals surface area contributed by atoms with E-state index in [4.69, 9.17) is 4.98 Å². The fourth-order valence-electron chi connectivity index (χ4n) is 6.27. The van der Waals surface area contributed by atoms with Crippen molar-refractivity contribution in [2.75, 3.05) is 39.8 Å². The van der Waals surface area contributed by atoms with E-state index < -0.39 is 0 Å². The molecule has 1 aromatic carbocycles. The molecule has 0 bridgehead atoms. The lowest BCUT2D eigenvalue weighted by Gasteiger charge is -2.37. The molecule has 1 saturated carbocycles. The smallest absolute Gasteiger partial charge is 0.222 e. The van der Waals surface area contributed by atoms with Crippen LogP contribution in [-0.2, 0) is 4.79 Å². The molecule has 0 spiro atoms. The first-order chi connectivity index (χ1) is 14.6. The molecule has 1 aromatic heterocycles. The van der Waals surface area contributed by atoms with E-state index >= 15 is 0 Å². The van der Waals surface area contributed by atoms with Crippen molar-refractivity contribution >= 4 is 22.5 Å². The van der Waals surface area contributed by atoms with E-state index in [1.165, 1.54) is 35.3 Å². The predicted octanol–water partition coefficient (Wildman–Crippen LogP) is 3.19. The van der Waals surface area contributed by atoms with Gasteiger partial charge in [-0.15, -0.1) is 0 Å². The van der Waals surface area contributed by atoms with E-state index in [2.05, 4.69) is 47.0 Å². The van der Waals surface area contributed by atoms with Gasteiger partial charge in [-0.2, -0.15) is 0 Å². The van der Waals surface area contributed by atoms with Gasteiger partial charge in [0.2, 0.25) is 5.91 Å². The topological polar surface area (TPSA) is 48.8 Å². The van der Waals surface area contributed by atoms with E-state index in [1.54, 1.807) is 0 Å². The number of hydrogen-bond acceptors (Lipinski definition) is 4. The van der Waals surface area contributed by atoms with Crippen LogP contribution in [0.4, 0.5) is 0 Å². The van der Waals surface area contributed by atoms with Crippen LogP contribution in [0.5, 0.6) is 0 Å². The molecule has 2 aromatic rings. The molecule has 0 radical (unpaired) electrons. The highest BCUT2D eigenvalue weighted by atomic mass is 16.2. The Morgan fingerprint density at radius 1 is 1.13 bits per heavy atom. The summed E-state index contributed by atoms with van der Waals surface area (Å²) in [7, 11) is 2.20. The number of benzene rings is 1. The van der Waals surface area contributed by atoms with Gasteiger partial charge >= 0.3 is 0 Å². The van der Waals surface area contributed by atoms with Crippen molar-refractivity contribution in [3.05, 3.63) is 41.6 Å². The molecule has 0 unspecified atom stereocenters. The average Bonchev–Trinajstić information content (AvgIpc) is 3.65. The van der Waals surface area contributed by atoms with Crippen LogP contribution in [0.2, 0.25) is 0 Å². The molecule has 1 aliphatic carbocycles. The van der Waals surface area contributed by atoms with Crippen molar-refractivity contribution in [2.24, 2.45) is 28.7 Å². The number of piperidine rings is 2. The molecule has 6 rings (SSSR count). The number of pyridine rings is 1. The second kappa shape index (κ2) is 6.88. The maximum Gasteiger partial charge on any atom is 0.222 e. The summed E-state index contributed by atoms with van der Waals surface area (Å²) >= 11 is 0. The number of carbonyl (C=O) groups is 1. The van der Waals surface area contributed by atoms with Crippen molar-refractivity contribution in [3.63, 3.8) is 0 Å². The van der Waals surface area contributed by atoms with Gasteiger partial charge in [0.15, 0.2) is 0 Å². The maximum atomic E-state index is 13.2. The molecule has 5 heteroatoms. The highest BCUT2D eigenvalue weighted by Crippen LogP contribution is 2.53. The van der Waals surface area contributed by atoms with Gasteiger partial charge in [-0.25, -0.2) is 0 Å². The molecule has 2 saturated heterocycles. The second-order valence-electron chi connectivity index (χ2n) is 10.1. The molecule has 1 amide bonds. The Balaban J connectivity index is 1.23. The highest BCUT2D eigenvalue weighted by Gasteiger charge is 2.55. The van der Waals surface area contributed by atoms with Crippen LogP contribution in [0.1, 0.15) is 36.8 Å². The first kappa shape index (κ1) is 18.5. The van der Waals surface area contributed by atoms with E-state index in [-0.39, 0.29) is 0 Å². The molecule has 156 valence electrons. The van der Waals surface area contributed by atoms with E-state index in [9.17, 15) is 4.79 Å². The number of hydrogen-bond donors (Lipinski definition) is 0. The van der Waals surface area contributed by atoms with E-state index in [0.717, 1.165) is 49.8 Å². The van der Waals surface area contributed by atoms with Crippen LogP contribution in [0, 0.1) is 23.7 Å². The van der Waals surface area contributed by atoms with Crippen LogP contribution >= 0.6 is 0 Å². The molecule has 3 fully saturated rings. The Hall–Kier alpha value is -2.27. The molecular weight excluding hydrogens is 372 g/mol. The molecule has 4 heterocycles. The highest BCUT2D eigenvalue weighted by molar-refractivity contribution is 6.17. The lowest BCUT2D eigenvalue weighted by molar-refractivity contribution is -0.133. The minimum Gasteiger partial charge on any atom is -0.342 e. The number of nitrogens with zero attached hydrogens (tertiary/aromatic N) is 4. The summed E-state index contributed by atoms with van der Waals surface area (Å²) in [5.74, 6) is 3.45. The second-order valence-corrected chi connectivity index (χ2v) is 10.1. The number of rotatable bonds is 4. The summed E-state index contributed by atoms with van der Waals surface area (Å²) in [4.78, 5) is 26.8. The summed E-state index contributed by atoms with van der Waals surface area (Å²) in [6, 6.07) is 8.69. The summed E-state index contributed by atoms with van der Waals surface area (Å²) in [6.07, 6.45) is 3.76. The molecule has 0 N–H and O–H groups in total. The van der Waals surface area contributed by atoms with E-state index in [1.807, 2.05) is 12.3 Å². The van der Waals surface area contributed by atoms with Gasteiger partial charge in [0.1, 0.15) is 0 Å². The molecule has 4 aliphatic rings. The van der Waals surface area contributed by atoms with E-state index in [0.29, 0.717) is 23.7 Å². The number of fused-ring (bicyclic) bond motifs is 2. The summed E-state index contributed by atoms with van der Waals surface area (Å²) in [5.41, 5.74) is 4.76. The Morgan fingerprint density at radius 3 is 2.70 bits per heavy atom. The fraction of sp³-hybridized carbons (Fsp3) is 0.560. The standard InChI is InChI=1S/C25H30N4O/c1-15-8-16(12-29(11-15)24(30)9-20-21-13-28(2)14-22(20)21)17-5-6-19(23-10-27-23)25-18(17)4-3-7-26-25/h3-7,15-16,20-22H,8-14H2,1-2H3/t15-,16+,20-,21-,22+/m1/s1. The first-order valence-corrected chi connectivity index (χ1v) is 11.5. The Kier molecular flexibility index (Phi) is 4.24. The predicted molar refractivity (Wildman–Crippen MR) is 119 cm³/mol. The summed E-state index contributed by atoms with van der Waals surface area (Å²) < 4.78 is 0. The van der Waals surface area contributed by atoms with Gasteiger partial charge in [0.05, 0.1) is 17.8 Å². The zero-order valence-corrected chi connectivity index (χ0v) is 17.9. The number of carbonyl (C=O) groups excluding carboxylic acids is 1. The minimum atomic E-state index is 0.375. The van der Waals surface area contributed by atoms with Crippen LogP contribution in [0.15, 0.2) is 35.5 Å². The SMILES string of the molecule is C[C@@H]1C[C@H](c2ccc(C3=NC3)c3ncccc23)CN(C(=O)C[C@@H]2[C@H]3CN(C)C[C@@H]23)C1. The monoisotopic (exact) mass is 402 g/mol. The first-order valence-electron chi connectivity index (χ1n) is 11.5. The lowest BCUT2D eigenvalue weighted by atomic mass is 9.83. The molecule has 3 aliphatic heterocycles. The third-order valence-electron chi connectivity index (χ3n) is 7.85. The average molecular weight is 403 g/mol. The molecule has 5 nitrogen and oxygen atoms in total. The third kappa shape index (κ3) is 3.15. The van der Waals surface area contributed by atoms with Gasteiger partial charge in [0, 0.05) is 55.7 Å². The molecular formula is C25H30N4O. The van der Waals surface area contributed by atoms with Gasteiger partial charge in [-0.05, 0) is 48.8 Å². The van der Waals surface area contributed by atoms with Crippen LogP contribution in [0.25, 0.3) is 10.9 Å². The van der Waals surface area contributed by atoms with Crippen molar-refractivity contribution < 1.29 is 4.79 Å². The molecule has 30 heavy (non-hydrogen) atoms. The van der Waals surface area contributed by atoms with Crippen molar-refractivity contribution in [1.82, 2.24) is 14.8 Å². The van der Waals surface area contributed by atoms with Gasteiger partial charge < -0.3 is 9.80 Å². The Morgan fingerprint density at radius 2 is 1.93 bits per heavy atom. The van der Waals surface area contributed by atoms with Crippen LogP contribution in [-0.4, -0.2) is 66.2 Å². The van der Waals surface area contributed by atoms with Gasteiger partial charge in [-0.1, -0.05) is 25.1 Å². The lowest BCUT2D eigenvalue weighted by Crippen LogP contribution is -2.43. The maximum absolute atomic E-state index is 13.2. The van der Waals surface area contributed by atoms with Crippen molar-refractivity contribution in [1.29, 1.82) is 0 Å². The number of likely N-dealkylation sites (tertiary alicyclic amines) is 2. The van der Waals surface area contributed by atoms with Crippen LogP contribution in [0.3, 0.4) is 0 Å². The quantitative estimate of drug-likeness (QED) is 0.789. The third-order valence-corrected chi connectivity index (χ3v) is 7.85. The van der Waals surface area contributed by atoms with Crippen molar-refractivity contribution in [3.8, 4) is 0 Å².